The van der Waals surface area contributed by atoms with Crippen LogP contribution in [0, 0.1) is 13.8 Å². The topological polar surface area (TPSA) is 50.4 Å². The van der Waals surface area contributed by atoms with E-state index in [0.29, 0.717) is 13.2 Å². The van der Waals surface area contributed by atoms with Gasteiger partial charge in [-0.15, -0.1) is 0 Å². The molecule has 0 saturated heterocycles. The predicted octanol–water partition coefficient (Wildman–Crippen LogP) is 3.74. The fourth-order valence-corrected chi connectivity index (χ4v) is 2.28. The lowest BCUT2D eigenvalue weighted by atomic mass is 10.1. The fourth-order valence-electron chi connectivity index (χ4n) is 2.28. The van der Waals surface area contributed by atoms with Crippen LogP contribution in [0.4, 0.5) is 4.79 Å². The fraction of sp³-hybridized carbons (Fsp3) is 0.316. The Bertz CT molecular complexity index is 641. The molecule has 2 aromatic carbocycles. The van der Waals surface area contributed by atoms with E-state index in [1.165, 1.54) is 5.56 Å². The number of ether oxygens (including phenoxy) is 1. The summed E-state index contributed by atoms with van der Waals surface area (Å²) < 4.78 is 5.72. The second-order valence-corrected chi connectivity index (χ2v) is 5.58. The van der Waals surface area contributed by atoms with Crippen LogP contribution in [-0.4, -0.2) is 19.2 Å². The van der Waals surface area contributed by atoms with Gasteiger partial charge in [-0.25, -0.2) is 4.79 Å². The van der Waals surface area contributed by atoms with Gasteiger partial charge in [-0.1, -0.05) is 42.5 Å². The lowest BCUT2D eigenvalue weighted by Crippen LogP contribution is -2.39. The minimum Gasteiger partial charge on any atom is -0.491 e. The summed E-state index contributed by atoms with van der Waals surface area (Å²) in [6.45, 7) is 6.95. The molecule has 2 aromatic rings. The number of carbonyl (C=O) groups excluding carboxylic acids is 1. The van der Waals surface area contributed by atoms with Gasteiger partial charge in [-0.3, -0.25) is 0 Å². The van der Waals surface area contributed by atoms with E-state index in [4.69, 9.17) is 4.74 Å². The number of urea groups is 1. The Kier molecular flexibility index (Phi) is 6.03. The van der Waals surface area contributed by atoms with E-state index in [0.717, 1.165) is 16.9 Å². The van der Waals surface area contributed by atoms with E-state index in [1.807, 2.05) is 56.3 Å². The van der Waals surface area contributed by atoms with Crippen molar-refractivity contribution in [1.82, 2.24) is 10.6 Å². The van der Waals surface area contributed by atoms with Crippen molar-refractivity contribution in [3.63, 3.8) is 0 Å². The van der Waals surface area contributed by atoms with Crippen molar-refractivity contribution in [1.29, 1.82) is 0 Å². The molecule has 122 valence electrons. The Labute approximate surface area is 137 Å². The molecule has 0 aliphatic carbocycles. The maximum atomic E-state index is 11.9. The van der Waals surface area contributed by atoms with E-state index in [-0.39, 0.29) is 12.1 Å². The third-order valence-corrected chi connectivity index (χ3v) is 3.85. The van der Waals surface area contributed by atoms with Crippen molar-refractivity contribution in [2.75, 3.05) is 13.2 Å². The van der Waals surface area contributed by atoms with Crippen molar-refractivity contribution in [3.8, 4) is 5.75 Å². The maximum Gasteiger partial charge on any atom is 0.315 e. The largest absolute Gasteiger partial charge is 0.491 e. The zero-order valence-corrected chi connectivity index (χ0v) is 13.9. The highest BCUT2D eigenvalue weighted by atomic mass is 16.5. The molecule has 4 nitrogen and oxygen atoms in total. The first kappa shape index (κ1) is 16.9. The molecule has 0 aliphatic heterocycles. The SMILES string of the molecule is Cc1cccc(OCCNC(=O)NC(C)c2ccccc2)c1C. The first-order chi connectivity index (χ1) is 11.1. The number of hydrogen-bond donors (Lipinski definition) is 2. The Balaban J connectivity index is 1.72. The number of hydrogen-bond acceptors (Lipinski definition) is 2. The molecule has 2 amide bonds. The zero-order chi connectivity index (χ0) is 16.7. The average molecular weight is 312 g/mol. The van der Waals surface area contributed by atoms with Gasteiger partial charge in [0.1, 0.15) is 12.4 Å². The van der Waals surface area contributed by atoms with E-state index < -0.39 is 0 Å². The summed E-state index contributed by atoms with van der Waals surface area (Å²) in [6.07, 6.45) is 0. The summed E-state index contributed by atoms with van der Waals surface area (Å²) in [7, 11) is 0. The van der Waals surface area contributed by atoms with Crippen molar-refractivity contribution in [2.24, 2.45) is 0 Å². The Morgan fingerprint density at radius 1 is 1.09 bits per heavy atom. The van der Waals surface area contributed by atoms with Crippen molar-refractivity contribution in [2.45, 2.75) is 26.8 Å². The van der Waals surface area contributed by atoms with Gasteiger partial charge in [0, 0.05) is 0 Å². The monoisotopic (exact) mass is 312 g/mol. The summed E-state index contributed by atoms with van der Waals surface area (Å²) in [4.78, 5) is 11.9. The van der Waals surface area contributed by atoms with Crippen LogP contribution in [0.25, 0.3) is 0 Å². The van der Waals surface area contributed by atoms with Gasteiger partial charge in [-0.2, -0.15) is 0 Å². The number of carbonyl (C=O) groups is 1. The van der Waals surface area contributed by atoms with Gasteiger partial charge < -0.3 is 15.4 Å². The van der Waals surface area contributed by atoms with E-state index in [1.54, 1.807) is 0 Å². The summed E-state index contributed by atoms with van der Waals surface area (Å²) in [5.41, 5.74) is 3.41. The first-order valence-electron chi connectivity index (χ1n) is 7.86. The molecule has 23 heavy (non-hydrogen) atoms. The Morgan fingerprint density at radius 3 is 2.57 bits per heavy atom. The molecule has 0 heterocycles. The van der Waals surface area contributed by atoms with Crippen LogP contribution < -0.4 is 15.4 Å². The van der Waals surface area contributed by atoms with Gasteiger partial charge in [-0.05, 0) is 43.5 Å². The molecule has 0 spiro atoms. The van der Waals surface area contributed by atoms with Gasteiger partial charge in [0.25, 0.3) is 0 Å². The van der Waals surface area contributed by atoms with Gasteiger partial charge in [0.15, 0.2) is 0 Å². The second kappa shape index (κ2) is 8.22. The minimum absolute atomic E-state index is 0.0314. The maximum absolute atomic E-state index is 11.9. The molecule has 0 fully saturated rings. The molecule has 4 heteroatoms. The van der Waals surface area contributed by atoms with Crippen LogP contribution in [0.1, 0.15) is 29.7 Å². The predicted molar refractivity (Wildman–Crippen MR) is 92.8 cm³/mol. The number of rotatable bonds is 6. The minimum atomic E-state index is -0.189. The van der Waals surface area contributed by atoms with E-state index in [2.05, 4.69) is 23.6 Å². The molecule has 1 atom stereocenters. The molecule has 0 radical (unpaired) electrons. The van der Waals surface area contributed by atoms with Crippen molar-refractivity contribution >= 4 is 6.03 Å². The lowest BCUT2D eigenvalue weighted by Gasteiger charge is -2.15. The van der Waals surface area contributed by atoms with Crippen molar-refractivity contribution < 1.29 is 9.53 Å². The highest BCUT2D eigenvalue weighted by Crippen LogP contribution is 2.20. The van der Waals surface area contributed by atoms with E-state index >= 15 is 0 Å². The molecule has 0 aliphatic rings. The number of aryl methyl sites for hydroxylation is 1. The third-order valence-electron chi connectivity index (χ3n) is 3.85. The highest BCUT2D eigenvalue weighted by Gasteiger charge is 2.08. The highest BCUT2D eigenvalue weighted by molar-refractivity contribution is 5.74. The van der Waals surface area contributed by atoms with E-state index in [9.17, 15) is 4.79 Å². The summed E-state index contributed by atoms with van der Waals surface area (Å²) in [5, 5.41) is 5.72. The molecule has 0 bridgehead atoms. The van der Waals surface area contributed by atoms with Crippen LogP contribution in [0.3, 0.4) is 0 Å². The lowest BCUT2D eigenvalue weighted by molar-refractivity contribution is 0.233. The van der Waals surface area contributed by atoms with Gasteiger partial charge in [0.05, 0.1) is 12.6 Å². The van der Waals surface area contributed by atoms with Crippen LogP contribution in [0.2, 0.25) is 0 Å². The molecular formula is C19H24N2O2. The second-order valence-electron chi connectivity index (χ2n) is 5.58. The Morgan fingerprint density at radius 2 is 1.83 bits per heavy atom. The summed E-state index contributed by atoms with van der Waals surface area (Å²) >= 11 is 0. The molecule has 0 saturated carbocycles. The molecule has 1 unspecified atom stereocenters. The summed E-state index contributed by atoms with van der Waals surface area (Å²) in [6, 6.07) is 15.6. The molecule has 2 N–H and O–H groups in total. The van der Waals surface area contributed by atoms with Gasteiger partial charge in [0.2, 0.25) is 0 Å². The normalized spacial score (nSPS) is 11.6. The molecule has 2 rings (SSSR count). The average Bonchev–Trinajstić information content (AvgIpc) is 2.56. The van der Waals surface area contributed by atoms with Crippen LogP contribution in [0.15, 0.2) is 48.5 Å². The number of benzene rings is 2. The number of nitrogens with one attached hydrogen (secondary N) is 2. The third kappa shape index (κ3) is 5.02. The quantitative estimate of drug-likeness (QED) is 0.798. The van der Waals surface area contributed by atoms with Crippen LogP contribution in [-0.2, 0) is 0 Å². The van der Waals surface area contributed by atoms with Crippen LogP contribution >= 0.6 is 0 Å². The van der Waals surface area contributed by atoms with Crippen molar-refractivity contribution in [3.05, 3.63) is 65.2 Å². The number of amides is 2. The molecule has 0 aromatic heterocycles. The standard InChI is InChI=1S/C19H24N2O2/c1-14-8-7-11-18(15(14)2)23-13-12-20-19(22)21-16(3)17-9-5-4-6-10-17/h4-11,16H,12-13H2,1-3H3,(H2,20,21,22). The smallest absolute Gasteiger partial charge is 0.315 e. The summed E-state index contributed by atoms with van der Waals surface area (Å²) in [5.74, 6) is 0.866. The first-order valence-corrected chi connectivity index (χ1v) is 7.86. The Hall–Kier alpha value is -2.49. The van der Waals surface area contributed by atoms with Gasteiger partial charge >= 0.3 is 6.03 Å². The zero-order valence-electron chi connectivity index (χ0n) is 13.9. The molecular weight excluding hydrogens is 288 g/mol. The van der Waals surface area contributed by atoms with Crippen LogP contribution in [0.5, 0.6) is 5.75 Å².